The SMILES string of the molecule is CC(NC1CCOc2ccccc21)C(=O)N1CCCCC1. The van der Waals surface area contributed by atoms with E-state index in [4.69, 9.17) is 4.74 Å². The van der Waals surface area contributed by atoms with Crippen molar-refractivity contribution >= 4 is 5.91 Å². The van der Waals surface area contributed by atoms with Gasteiger partial charge in [-0.25, -0.2) is 0 Å². The topological polar surface area (TPSA) is 41.6 Å². The van der Waals surface area contributed by atoms with Crippen LogP contribution in [0.25, 0.3) is 0 Å². The second-order valence-electron chi connectivity index (χ2n) is 6.00. The zero-order valence-electron chi connectivity index (χ0n) is 12.7. The fourth-order valence-corrected chi connectivity index (χ4v) is 3.28. The van der Waals surface area contributed by atoms with Crippen molar-refractivity contribution in [2.75, 3.05) is 19.7 Å². The van der Waals surface area contributed by atoms with Gasteiger partial charge in [-0.15, -0.1) is 0 Å². The Bertz CT molecular complexity index is 497. The van der Waals surface area contributed by atoms with E-state index in [0.717, 1.165) is 38.1 Å². The molecule has 0 aromatic heterocycles. The van der Waals surface area contributed by atoms with Crippen LogP contribution in [0.15, 0.2) is 24.3 Å². The molecule has 1 aromatic rings. The number of benzene rings is 1. The summed E-state index contributed by atoms with van der Waals surface area (Å²) in [5.74, 6) is 1.18. The number of carbonyl (C=O) groups is 1. The van der Waals surface area contributed by atoms with Gasteiger partial charge in [0.05, 0.1) is 12.6 Å². The van der Waals surface area contributed by atoms with Crippen molar-refractivity contribution in [1.82, 2.24) is 10.2 Å². The van der Waals surface area contributed by atoms with Crippen LogP contribution >= 0.6 is 0 Å². The molecule has 2 aliphatic rings. The van der Waals surface area contributed by atoms with Crippen LogP contribution in [0, 0.1) is 0 Å². The first-order valence-electron chi connectivity index (χ1n) is 8.02. The van der Waals surface area contributed by atoms with Crippen molar-refractivity contribution in [3.63, 3.8) is 0 Å². The summed E-state index contributed by atoms with van der Waals surface area (Å²) in [5.41, 5.74) is 1.17. The molecule has 1 aromatic carbocycles. The predicted octanol–water partition coefficient (Wildman–Crippen LogP) is 2.50. The number of ether oxygens (including phenoxy) is 1. The molecule has 4 heteroatoms. The van der Waals surface area contributed by atoms with Crippen molar-refractivity contribution in [3.05, 3.63) is 29.8 Å². The highest BCUT2D eigenvalue weighted by atomic mass is 16.5. The van der Waals surface area contributed by atoms with Crippen molar-refractivity contribution in [3.8, 4) is 5.75 Å². The second kappa shape index (κ2) is 6.48. The monoisotopic (exact) mass is 288 g/mol. The number of hydrogen-bond donors (Lipinski definition) is 1. The van der Waals surface area contributed by atoms with Crippen LogP contribution in [0.4, 0.5) is 0 Å². The highest BCUT2D eigenvalue weighted by Gasteiger charge is 2.27. The van der Waals surface area contributed by atoms with Crippen LogP contribution < -0.4 is 10.1 Å². The molecule has 0 aliphatic carbocycles. The van der Waals surface area contributed by atoms with E-state index in [1.165, 1.54) is 12.0 Å². The van der Waals surface area contributed by atoms with Gasteiger partial charge in [0.25, 0.3) is 0 Å². The van der Waals surface area contributed by atoms with Crippen molar-refractivity contribution < 1.29 is 9.53 Å². The zero-order chi connectivity index (χ0) is 14.7. The Morgan fingerprint density at radius 1 is 1.29 bits per heavy atom. The van der Waals surface area contributed by atoms with E-state index in [0.29, 0.717) is 6.61 Å². The molecule has 1 N–H and O–H groups in total. The average molecular weight is 288 g/mol. The van der Waals surface area contributed by atoms with Gasteiger partial charge in [0.15, 0.2) is 0 Å². The minimum atomic E-state index is -0.140. The first-order chi connectivity index (χ1) is 10.3. The summed E-state index contributed by atoms with van der Waals surface area (Å²) >= 11 is 0. The molecule has 0 spiro atoms. The third-order valence-corrected chi connectivity index (χ3v) is 4.45. The minimum Gasteiger partial charge on any atom is -0.493 e. The highest BCUT2D eigenvalue weighted by molar-refractivity contribution is 5.81. The summed E-state index contributed by atoms with van der Waals surface area (Å²) in [6.45, 7) is 4.51. The number of amides is 1. The van der Waals surface area contributed by atoms with E-state index in [1.807, 2.05) is 30.0 Å². The molecule has 0 bridgehead atoms. The number of likely N-dealkylation sites (tertiary alicyclic amines) is 1. The lowest BCUT2D eigenvalue weighted by Gasteiger charge is -2.33. The summed E-state index contributed by atoms with van der Waals surface area (Å²) < 4.78 is 5.68. The molecule has 114 valence electrons. The van der Waals surface area contributed by atoms with E-state index < -0.39 is 0 Å². The van der Waals surface area contributed by atoms with Gasteiger partial charge >= 0.3 is 0 Å². The molecule has 2 unspecified atom stereocenters. The Balaban J connectivity index is 1.65. The maximum atomic E-state index is 12.5. The lowest BCUT2D eigenvalue weighted by Crippen LogP contribution is -2.48. The van der Waals surface area contributed by atoms with Gasteiger partial charge in [-0.05, 0) is 32.3 Å². The number of nitrogens with zero attached hydrogens (tertiary/aromatic N) is 1. The molecular weight excluding hydrogens is 264 g/mol. The Kier molecular flexibility index (Phi) is 4.44. The van der Waals surface area contributed by atoms with Gasteiger partial charge in [0.1, 0.15) is 5.75 Å². The molecule has 2 aliphatic heterocycles. The van der Waals surface area contributed by atoms with Crippen molar-refractivity contribution in [1.29, 1.82) is 0 Å². The van der Waals surface area contributed by atoms with Crippen LogP contribution in [0.3, 0.4) is 0 Å². The number of rotatable bonds is 3. The fraction of sp³-hybridized carbons (Fsp3) is 0.588. The lowest BCUT2D eigenvalue weighted by molar-refractivity contribution is -0.134. The molecule has 2 heterocycles. The van der Waals surface area contributed by atoms with Crippen LogP contribution in [-0.4, -0.2) is 36.5 Å². The number of para-hydroxylation sites is 1. The first kappa shape index (κ1) is 14.4. The van der Waals surface area contributed by atoms with Crippen LogP contribution in [0.5, 0.6) is 5.75 Å². The number of nitrogens with one attached hydrogen (secondary N) is 1. The Labute approximate surface area is 126 Å². The molecule has 1 saturated heterocycles. The van der Waals surface area contributed by atoms with Crippen LogP contribution in [-0.2, 0) is 4.79 Å². The number of carbonyl (C=O) groups excluding carboxylic acids is 1. The van der Waals surface area contributed by atoms with Gasteiger partial charge in [-0.1, -0.05) is 18.2 Å². The van der Waals surface area contributed by atoms with E-state index in [9.17, 15) is 4.79 Å². The van der Waals surface area contributed by atoms with Gasteiger partial charge in [0.2, 0.25) is 5.91 Å². The van der Waals surface area contributed by atoms with Gasteiger partial charge in [-0.2, -0.15) is 0 Å². The maximum Gasteiger partial charge on any atom is 0.239 e. The van der Waals surface area contributed by atoms with Crippen molar-refractivity contribution in [2.45, 2.75) is 44.7 Å². The molecule has 3 rings (SSSR count). The van der Waals surface area contributed by atoms with Gasteiger partial charge in [0, 0.05) is 31.1 Å². The fourth-order valence-electron chi connectivity index (χ4n) is 3.28. The second-order valence-corrected chi connectivity index (χ2v) is 6.00. The lowest BCUT2D eigenvalue weighted by atomic mass is 9.99. The molecule has 21 heavy (non-hydrogen) atoms. The number of piperidine rings is 1. The Hall–Kier alpha value is -1.55. The quantitative estimate of drug-likeness (QED) is 0.929. The predicted molar refractivity (Wildman–Crippen MR) is 82.3 cm³/mol. The molecule has 1 fully saturated rings. The molecule has 4 nitrogen and oxygen atoms in total. The highest BCUT2D eigenvalue weighted by Crippen LogP contribution is 2.31. The molecule has 0 radical (unpaired) electrons. The third-order valence-electron chi connectivity index (χ3n) is 4.45. The van der Waals surface area contributed by atoms with E-state index in [1.54, 1.807) is 0 Å². The van der Waals surface area contributed by atoms with E-state index in [2.05, 4.69) is 11.4 Å². The Morgan fingerprint density at radius 3 is 2.86 bits per heavy atom. The first-order valence-corrected chi connectivity index (χ1v) is 8.02. The number of fused-ring (bicyclic) bond motifs is 1. The van der Waals surface area contributed by atoms with Gasteiger partial charge in [-0.3, -0.25) is 10.1 Å². The average Bonchev–Trinajstić information content (AvgIpc) is 2.55. The minimum absolute atomic E-state index is 0.140. The zero-order valence-corrected chi connectivity index (χ0v) is 12.7. The van der Waals surface area contributed by atoms with Gasteiger partial charge < -0.3 is 9.64 Å². The summed E-state index contributed by atoms with van der Waals surface area (Å²) in [7, 11) is 0. The smallest absolute Gasteiger partial charge is 0.239 e. The molecule has 0 saturated carbocycles. The summed E-state index contributed by atoms with van der Waals surface area (Å²) in [5, 5.41) is 3.50. The molecular formula is C17H24N2O2. The van der Waals surface area contributed by atoms with E-state index in [-0.39, 0.29) is 18.0 Å². The molecule has 2 atom stereocenters. The summed E-state index contributed by atoms with van der Waals surface area (Å²) in [6.07, 6.45) is 4.44. The third kappa shape index (κ3) is 3.21. The van der Waals surface area contributed by atoms with Crippen LogP contribution in [0.2, 0.25) is 0 Å². The van der Waals surface area contributed by atoms with Crippen molar-refractivity contribution in [2.24, 2.45) is 0 Å². The Morgan fingerprint density at radius 2 is 2.05 bits per heavy atom. The van der Waals surface area contributed by atoms with Crippen LogP contribution in [0.1, 0.15) is 44.2 Å². The van der Waals surface area contributed by atoms with E-state index >= 15 is 0 Å². The largest absolute Gasteiger partial charge is 0.493 e. The standard InChI is InChI=1S/C17H24N2O2/c1-13(17(20)19-10-5-2-6-11-19)18-15-9-12-21-16-8-4-3-7-14(15)16/h3-4,7-8,13,15,18H,2,5-6,9-12H2,1H3. The summed E-state index contributed by atoms with van der Waals surface area (Å²) in [4.78, 5) is 14.5. The maximum absolute atomic E-state index is 12.5. The molecule has 1 amide bonds. The number of hydrogen-bond acceptors (Lipinski definition) is 3. The normalized spacial score (nSPS) is 23.1. The summed E-state index contributed by atoms with van der Waals surface area (Å²) in [6, 6.07) is 8.17.